The summed E-state index contributed by atoms with van der Waals surface area (Å²) in [5, 5.41) is 9.50. The monoisotopic (exact) mass is 216 g/mol. The van der Waals surface area contributed by atoms with Gasteiger partial charge in [-0.3, -0.25) is 0 Å². The highest BCUT2D eigenvalue weighted by Crippen LogP contribution is 2.10. The average molecular weight is 216 g/mol. The Kier molecular flexibility index (Phi) is 5.00. The summed E-state index contributed by atoms with van der Waals surface area (Å²) in [6.07, 6.45) is 9.90. The van der Waals surface area contributed by atoms with E-state index in [0.717, 1.165) is 12.8 Å². The van der Waals surface area contributed by atoms with Gasteiger partial charge in [0.05, 0.1) is 5.60 Å². The summed E-state index contributed by atoms with van der Waals surface area (Å²) in [5.74, 6) is 0. The smallest absolute Gasteiger partial charge is 0.0594 e. The summed E-state index contributed by atoms with van der Waals surface area (Å²) in [6.45, 7) is 3.67. The van der Waals surface area contributed by atoms with Gasteiger partial charge in [0.2, 0.25) is 0 Å². The van der Waals surface area contributed by atoms with Crippen LogP contribution in [0.4, 0.5) is 0 Å². The van der Waals surface area contributed by atoms with Gasteiger partial charge in [0.25, 0.3) is 0 Å². The van der Waals surface area contributed by atoms with E-state index in [1.54, 1.807) is 0 Å². The number of allylic oxidation sites excluding steroid dienone is 3. The largest absolute Gasteiger partial charge is 0.390 e. The first-order chi connectivity index (χ1) is 7.58. The topological polar surface area (TPSA) is 20.2 Å². The van der Waals surface area contributed by atoms with Gasteiger partial charge in [0.1, 0.15) is 0 Å². The summed E-state index contributed by atoms with van der Waals surface area (Å²) in [7, 11) is 0. The van der Waals surface area contributed by atoms with E-state index < -0.39 is 5.60 Å². The molecule has 0 aromatic heterocycles. The van der Waals surface area contributed by atoms with Crippen LogP contribution in [-0.2, 0) is 0 Å². The zero-order valence-electron chi connectivity index (χ0n) is 10.1. The minimum atomic E-state index is -0.562. The molecule has 0 saturated carbocycles. The second-order valence-corrected chi connectivity index (χ2v) is 4.55. The molecule has 1 nitrogen and oxygen atoms in total. The Morgan fingerprint density at radius 1 is 1.12 bits per heavy atom. The van der Waals surface area contributed by atoms with E-state index in [-0.39, 0.29) is 0 Å². The predicted octanol–water partition coefficient (Wildman–Crippen LogP) is 3.81. The highest BCUT2D eigenvalue weighted by atomic mass is 16.3. The molecule has 1 heteroatoms. The second kappa shape index (κ2) is 6.29. The van der Waals surface area contributed by atoms with Crippen LogP contribution in [0.25, 0.3) is 6.08 Å². The molecule has 0 atom stereocenters. The zero-order chi connectivity index (χ0) is 11.9. The molecule has 0 aliphatic carbocycles. The molecule has 1 aromatic carbocycles. The van der Waals surface area contributed by atoms with Gasteiger partial charge in [-0.1, -0.05) is 54.6 Å². The Morgan fingerprint density at radius 2 is 1.81 bits per heavy atom. The van der Waals surface area contributed by atoms with Gasteiger partial charge >= 0.3 is 0 Å². The lowest BCUT2D eigenvalue weighted by atomic mass is 10.0. The van der Waals surface area contributed by atoms with Crippen molar-refractivity contribution in [2.45, 2.75) is 32.3 Å². The lowest BCUT2D eigenvalue weighted by Crippen LogP contribution is -2.17. The Labute approximate surface area is 98.1 Å². The van der Waals surface area contributed by atoms with Crippen molar-refractivity contribution in [3.8, 4) is 0 Å². The van der Waals surface area contributed by atoms with E-state index in [2.05, 4.69) is 24.3 Å². The Hall–Kier alpha value is -1.34. The number of hydrogen-bond donors (Lipinski definition) is 1. The number of hydrogen-bond acceptors (Lipinski definition) is 1. The van der Waals surface area contributed by atoms with Crippen LogP contribution in [-0.4, -0.2) is 10.7 Å². The van der Waals surface area contributed by atoms with Crippen molar-refractivity contribution in [3.63, 3.8) is 0 Å². The van der Waals surface area contributed by atoms with Gasteiger partial charge < -0.3 is 5.11 Å². The van der Waals surface area contributed by atoms with Crippen LogP contribution in [0.2, 0.25) is 0 Å². The Balaban J connectivity index is 2.30. The first-order valence-corrected chi connectivity index (χ1v) is 5.68. The van der Waals surface area contributed by atoms with Crippen LogP contribution in [0.1, 0.15) is 32.3 Å². The lowest BCUT2D eigenvalue weighted by molar-refractivity contribution is 0.0721. The third kappa shape index (κ3) is 6.20. The molecule has 0 heterocycles. The molecule has 0 bridgehead atoms. The highest BCUT2D eigenvalue weighted by molar-refractivity contribution is 5.50. The summed E-state index contributed by atoms with van der Waals surface area (Å²) in [4.78, 5) is 0. The maximum atomic E-state index is 9.50. The van der Waals surface area contributed by atoms with Crippen molar-refractivity contribution >= 4 is 6.08 Å². The normalized spacial score (nSPS) is 12.7. The van der Waals surface area contributed by atoms with E-state index in [1.807, 2.05) is 44.2 Å². The van der Waals surface area contributed by atoms with Gasteiger partial charge in [0.15, 0.2) is 0 Å². The van der Waals surface area contributed by atoms with E-state index in [4.69, 9.17) is 0 Å². The van der Waals surface area contributed by atoms with Gasteiger partial charge in [-0.2, -0.15) is 0 Å². The standard InChI is InChI=1S/C15H20O/c1-15(2,16)13-9-4-3-6-10-14-11-7-5-8-12-14/h3-8,10-12,16H,9,13H2,1-2H3/b4-3+,10-6+. The van der Waals surface area contributed by atoms with Crippen molar-refractivity contribution in [1.82, 2.24) is 0 Å². The van der Waals surface area contributed by atoms with Crippen LogP contribution < -0.4 is 0 Å². The quantitative estimate of drug-likeness (QED) is 0.742. The van der Waals surface area contributed by atoms with E-state index in [0.29, 0.717) is 0 Å². The van der Waals surface area contributed by atoms with E-state index >= 15 is 0 Å². The molecular weight excluding hydrogens is 196 g/mol. The molecule has 1 aromatic rings. The maximum Gasteiger partial charge on any atom is 0.0594 e. The van der Waals surface area contributed by atoms with Gasteiger partial charge in [-0.05, 0) is 32.3 Å². The first-order valence-electron chi connectivity index (χ1n) is 5.68. The van der Waals surface area contributed by atoms with Crippen molar-refractivity contribution in [2.24, 2.45) is 0 Å². The lowest BCUT2D eigenvalue weighted by Gasteiger charge is -2.14. The van der Waals surface area contributed by atoms with Crippen LogP contribution in [0, 0.1) is 0 Å². The molecule has 0 aliphatic heterocycles. The molecule has 0 saturated heterocycles. The van der Waals surface area contributed by atoms with Crippen LogP contribution in [0.15, 0.2) is 48.6 Å². The minimum absolute atomic E-state index is 0.562. The fraction of sp³-hybridized carbons (Fsp3) is 0.333. The van der Waals surface area contributed by atoms with Gasteiger partial charge in [-0.25, -0.2) is 0 Å². The molecular formula is C15H20O. The molecule has 0 radical (unpaired) electrons. The van der Waals surface area contributed by atoms with Crippen LogP contribution >= 0.6 is 0 Å². The summed E-state index contributed by atoms with van der Waals surface area (Å²) < 4.78 is 0. The molecule has 0 fully saturated rings. The van der Waals surface area contributed by atoms with Crippen molar-refractivity contribution < 1.29 is 5.11 Å². The molecule has 1 rings (SSSR count). The second-order valence-electron chi connectivity index (χ2n) is 4.55. The zero-order valence-corrected chi connectivity index (χ0v) is 10.1. The average Bonchev–Trinajstić information content (AvgIpc) is 2.23. The Bertz CT molecular complexity index is 341. The number of benzene rings is 1. The van der Waals surface area contributed by atoms with Gasteiger partial charge in [-0.15, -0.1) is 0 Å². The predicted molar refractivity (Wildman–Crippen MR) is 70.1 cm³/mol. The highest BCUT2D eigenvalue weighted by Gasteiger charge is 2.09. The van der Waals surface area contributed by atoms with Crippen LogP contribution in [0.3, 0.4) is 0 Å². The van der Waals surface area contributed by atoms with Crippen molar-refractivity contribution in [3.05, 3.63) is 54.1 Å². The number of aliphatic hydroxyl groups is 1. The molecule has 0 unspecified atom stereocenters. The summed E-state index contributed by atoms with van der Waals surface area (Å²) >= 11 is 0. The van der Waals surface area contributed by atoms with Gasteiger partial charge in [0, 0.05) is 0 Å². The molecule has 86 valence electrons. The van der Waals surface area contributed by atoms with E-state index in [1.165, 1.54) is 5.56 Å². The van der Waals surface area contributed by atoms with Crippen molar-refractivity contribution in [1.29, 1.82) is 0 Å². The fourth-order valence-electron chi connectivity index (χ4n) is 1.34. The minimum Gasteiger partial charge on any atom is -0.390 e. The molecule has 0 amide bonds. The molecule has 0 aliphatic rings. The molecule has 0 spiro atoms. The summed E-state index contributed by atoms with van der Waals surface area (Å²) in [6, 6.07) is 10.2. The summed E-state index contributed by atoms with van der Waals surface area (Å²) in [5.41, 5.74) is 0.641. The van der Waals surface area contributed by atoms with Crippen LogP contribution in [0.5, 0.6) is 0 Å². The SMILES string of the molecule is CC(C)(O)CC/C=C/C=C/c1ccccc1. The fourth-order valence-corrected chi connectivity index (χ4v) is 1.34. The third-order valence-corrected chi connectivity index (χ3v) is 2.26. The Morgan fingerprint density at radius 3 is 2.44 bits per heavy atom. The third-order valence-electron chi connectivity index (χ3n) is 2.26. The molecule has 16 heavy (non-hydrogen) atoms. The van der Waals surface area contributed by atoms with Crippen molar-refractivity contribution in [2.75, 3.05) is 0 Å². The maximum absolute atomic E-state index is 9.50. The number of rotatable bonds is 5. The molecule has 1 N–H and O–H groups in total. The first kappa shape index (κ1) is 12.7. The van der Waals surface area contributed by atoms with E-state index in [9.17, 15) is 5.11 Å².